The molecule has 23 heavy (non-hydrogen) atoms. The average Bonchev–Trinajstić information content (AvgIpc) is 3.10. The maximum atomic E-state index is 12.5. The largest absolute Gasteiger partial charge is 0.369 e. The Morgan fingerprint density at radius 3 is 2.78 bits per heavy atom. The topological polar surface area (TPSA) is 55.6 Å². The molecule has 124 valence electrons. The first-order chi connectivity index (χ1) is 10.7. The highest BCUT2D eigenvalue weighted by molar-refractivity contribution is 7.10. The number of amides is 1. The minimum atomic E-state index is -0.253. The molecule has 2 unspecified atom stereocenters. The van der Waals surface area contributed by atoms with Crippen molar-refractivity contribution in [3.63, 3.8) is 0 Å². The van der Waals surface area contributed by atoms with Crippen LogP contribution in [0.1, 0.15) is 29.0 Å². The molecule has 1 fully saturated rings. The Balaban J connectivity index is 0.00000192. The molecule has 1 aromatic heterocycles. The lowest BCUT2D eigenvalue weighted by Crippen LogP contribution is -2.43. The maximum Gasteiger partial charge on any atom is 0.224 e. The molecule has 1 saturated heterocycles. The van der Waals surface area contributed by atoms with Gasteiger partial charge in [0.25, 0.3) is 0 Å². The minimum absolute atomic E-state index is 0. The lowest BCUT2D eigenvalue weighted by atomic mass is 10.0. The van der Waals surface area contributed by atoms with Crippen LogP contribution in [0.2, 0.25) is 0 Å². The minimum Gasteiger partial charge on any atom is -0.369 e. The molecule has 0 spiro atoms. The van der Waals surface area contributed by atoms with Crippen molar-refractivity contribution in [2.75, 3.05) is 19.7 Å². The fourth-order valence-electron chi connectivity index (χ4n) is 2.66. The van der Waals surface area contributed by atoms with E-state index in [1.807, 2.05) is 46.7 Å². The van der Waals surface area contributed by atoms with Crippen molar-refractivity contribution in [2.24, 2.45) is 5.73 Å². The predicted molar refractivity (Wildman–Crippen MR) is 94.8 cm³/mol. The van der Waals surface area contributed by atoms with E-state index in [0.717, 1.165) is 5.56 Å². The van der Waals surface area contributed by atoms with Gasteiger partial charge in [0.15, 0.2) is 0 Å². The van der Waals surface area contributed by atoms with Crippen LogP contribution < -0.4 is 5.73 Å². The molecule has 0 saturated carbocycles. The van der Waals surface area contributed by atoms with Crippen molar-refractivity contribution in [3.05, 3.63) is 58.3 Å². The smallest absolute Gasteiger partial charge is 0.224 e. The van der Waals surface area contributed by atoms with E-state index in [9.17, 15) is 4.79 Å². The molecule has 2 aromatic rings. The zero-order valence-electron chi connectivity index (χ0n) is 12.8. The van der Waals surface area contributed by atoms with E-state index in [-0.39, 0.29) is 30.5 Å². The number of nitrogens with zero attached hydrogens (tertiary/aromatic N) is 1. The Morgan fingerprint density at radius 2 is 2.09 bits per heavy atom. The zero-order valence-corrected chi connectivity index (χ0v) is 14.4. The van der Waals surface area contributed by atoms with Crippen LogP contribution in [-0.4, -0.2) is 30.5 Å². The van der Waals surface area contributed by atoms with Gasteiger partial charge in [-0.1, -0.05) is 36.4 Å². The SMILES string of the molecule is Cl.NC(CC(=O)N1CCOC(c2cccs2)C1)c1ccccc1. The predicted octanol–water partition coefficient (Wildman–Crippen LogP) is 3.16. The molecule has 3 rings (SSSR count). The third-order valence-electron chi connectivity index (χ3n) is 3.90. The molecule has 2 heterocycles. The van der Waals surface area contributed by atoms with E-state index in [0.29, 0.717) is 26.1 Å². The fourth-order valence-corrected chi connectivity index (χ4v) is 3.42. The van der Waals surface area contributed by atoms with E-state index in [2.05, 4.69) is 6.07 Å². The lowest BCUT2D eigenvalue weighted by molar-refractivity contribution is -0.139. The van der Waals surface area contributed by atoms with Gasteiger partial charge in [-0.15, -0.1) is 23.7 Å². The van der Waals surface area contributed by atoms with Crippen molar-refractivity contribution in [2.45, 2.75) is 18.6 Å². The molecule has 4 nitrogen and oxygen atoms in total. The van der Waals surface area contributed by atoms with Crippen LogP contribution in [0.4, 0.5) is 0 Å². The van der Waals surface area contributed by atoms with E-state index in [4.69, 9.17) is 10.5 Å². The molecular formula is C17H21ClN2O2S. The second-order valence-corrected chi connectivity index (χ2v) is 6.42. The van der Waals surface area contributed by atoms with Crippen LogP contribution in [0, 0.1) is 0 Å². The van der Waals surface area contributed by atoms with Crippen molar-refractivity contribution < 1.29 is 9.53 Å². The second-order valence-electron chi connectivity index (χ2n) is 5.44. The summed E-state index contributed by atoms with van der Waals surface area (Å²) in [5.74, 6) is 0.0983. The van der Waals surface area contributed by atoms with Gasteiger partial charge in [0.1, 0.15) is 6.10 Å². The summed E-state index contributed by atoms with van der Waals surface area (Å²) in [5.41, 5.74) is 7.15. The summed E-state index contributed by atoms with van der Waals surface area (Å²) in [6, 6.07) is 13.6. The van der Waals surface area contributed by atoms with Gasteiger partial charge in [-0.2, -0.15) is 0 Å². The highest BCUT2D eigenvalue weighted by Crippen LogP contribution is 2.27. The van der Waals surface area contributed by atoms with Crippen LogP contribution in [0.3, 0.4) is 0 Å². The normalized spacial score (nSPS) is 19.0. The number of carbonyl (C=O) groups is 1. The maximum absolute atomic E-state index is 12.5. The number of ether oxygens (including phenoxy) is 1. The number of hydrogen-bond donors (Lipinski definition) is 1. The molecule has 0 aliphatic carbocycles. The summed E-state index contributed by atoms with van der Waals surface area (Å²) in [6.07, 6.45) is 0.326. The molecule has 1 amide bonds. The molecule has 2 atom stereocenters. The van der Waals surface area contributed by atoms with Gasteiger partial charge in [-0.3, -0.25) is 4.79 Å². The van der Waals surface area contributed by atoms with Gasteiger partial charge in [0.05, 0.1) is 13.2 Å². The number of thiophene rings is 1. The Kier molecular flexibility index (Phi) is 6.59. The van der Waals surface area contributed by atoms with E-state index < -0.39 is 0 Å². The number of hydrogen-bond acceptors (Lipinski definition) is 4. The number of carbonyl (C=O) groups excluding carboxylic acids is 1. The molecule has 1 aliphatic rings. The molecule has 1 aromatic carbocycles. The zero-order chi connectivity index (χ0) is 15.4. The lowest BCUT2D eigenvalue weighted by Gasteiger charge is -2.33. The summed E-state index contributed by atoms with van der Waals surface area (Å²) >= 11 is 1.67. The highest BCUT2D eigenvalue weighted by atomic mass is 35.5. The van der Waals surface area contributed by atoms with Gasteiger partial charge >= 0.3 is 0 Å². The van der Waals surface area contributed by atoms with Crippen LogP contribution in [0.15, 0.2) is 47.8 Å². The molecule has 0 bridgehead atoms. The molecule has 2 N–H and O–H groups in total. The number of morpholine rings is 1. The highest BCUT2D eigenvalue weighted by Gasteiger charge is 2.26. The quantitative estimate of drug-likeness (QED) is 0.919. The summed E-state index contributed by atoms with van der Waals surface area (Å²) in [5, 5.41) is 2.03. The summed E-state index contributed by atoms with van der Waals surface area (Å²) in [4.78, 5) is 15.5. The summed E-state index contributed by atoms with van der Waals surface area (Å²) in [6.45, 7) is 1.83. The first-order valence-electron chi connectivity index (χ1n) is 7.47. The van der Waals surface area contributed by atoms with Crippen molar-refractivity contribution in [3.8, 4) is 0 Å². The van der Waals surface area contributed by atoms with Crippen molar-refractivity contribution in [1.82, 2.24) is 4.90 Å². The van der Waals surface area contributed by atoms with E-state index in [1.165, 1.54) is 4.88 Å². The molecule has 1 aliphatic heterocycles. The Morgan fingerprint density at radius 1 is 1.30 bits per heavy atom. The van der Waals surface area contributed by atoms with Gasteiger partial charge in [0.2, 0.25) is 5.91 Å². The average molecular weight is 353 g/mol. The van der Waals surface area contributed by atoms with Crippen LogP contribution in [0.25, 0.3) is 0 Å². The Bertz CT molecular complexity index is 606. The van der Waals surface area contributed by atoms with Gasteiger partial charge in [-0.25, -0.2) is 0 Å². The van der Waals surface area contributed by atoms with E-state index >= 15 is 0 Å². The Labute approximate surface area is 146 Å². The van der Waals surface area contributed by atoms with Crippen LogP contribution >= 0.6 is 23.7 Å². The third kappa shape index (κ3) is 4.54. The van der Waals surface area contributed by atoms with Gasteiger partial charge in [0, 0.05) is 23.9 Å². The number of benzene rings is 1. The number of nitrogens with two attached hydrogens (primary N) is 1. The number of rotatable bonds is 4. The fraction of sp³-hybridized carbons (Fsp3) is 0.353. The second kappa shape index (κ2) is 8.45. The monoisotopic (exact) mass is 352 g/mol. The van der Waals surface area contributed by atoms with E-state index in [1.54, 1.807) is 11.3 Å². The van der Waals surface area contributed by atoms with Crippen LogP contribution in [-0.2, 0) is 9.53 Å². The van der Waals surface area contributed by atoms with Crippen molar-refractivity contribution in [1.29, 1.82) is 0 Å². The van der Waals surface area contributed by atoms with Crippen LogP contribution in [0.5, 0.6) is 0 Å². The standard InChI is InChI=1S/C17H20N2O2S.ClH/c18-14(13-5-2-1-3-6-13)11-17(20)19-8-9-21-15(12-19)16-7-4-10-22-16;/h1-7,10,14-15H,8-9,11-12,18H2;1H. The van der Waals surface area contributed by atoms with Gasteiger partial charge < -0.3 is 15.4 Å². The molecular weight excluding hydrogens is 332 g/mol. The first kappa shape index (κ1) is 17.9. The molecule has 0 radical (unpaired) electrons. The first-order valence-corrected chi connectivity index (χ1v) is 8.35. The summed E-state index contributed by atoms with van der Waals surface area (Å²) in [7, 11) is 0. The third-order valence-corrected chi connectivity index (χ3v) is 4.87. The van der Waals surface area contributed by atoms with Gasteiger partial charge in [-0.05, 0) is 17.0 Å². The summed E-state index contributed by atoms with van der Waals surface area (Å²) < 4.78 is 5.78. The molecule has 6 heteroatoms. The van der Waals surface area contributed by atoms with Crippen molar-refractivity contribution >= 4 is 29.7 Å². The Hall–Kier alpha value is -1.40. The number of halogens is 1.